The summed E-state index contributed by atoms with van der Waals surface area (Å²) in [5.74, 6) is 0. The first kappa shape index (κ1) is 10.6. The maximum atomic E-state index is 10.5. The molecule has 80 valence electrons. The van der Waals surface area contributed by atoms with Crippen LogP contribution in [0.5, 0.6) is 0 Å². The lowest BCUT2D eigenvalue weighted by Gasteiger charge is -2.12. The van der Waals surface area contributed by atoms with E-state index in [2.05, 4.69) is 0 Å². The molecular weight excluding hydrogens is 198 g/mol. The molecular formula is C14H13NO. The average Bonchev–Trinajstić information content (AvgIpc) is 2.39. The first-order chi connectivity index (χ1) is 7.81. The molecule has 2 N–H and O–H groups in total. The van der Waals surface area contributed by atoms with Crippen molar-refractivity contribution >= 4 is 6.29 Å². The van der Waals surface area contributed by atoms with Gasteiger partial charge < -0.3 is 5.73 Å². The van der Waals surface area contributed by atoms with Crippen LogP contribution in [0, 0.1) is 0 Å². The summed E-state index contributed by atoms with van der Waals surface area (Å²) in [5, 5.41) is 0. The van der Waals surface area contributed by atoms with Crippen molar-refractivity contribution in [2.75, 3.05) is 0 Å². The summed E-state index contributed by atoms with van der Waals surface area (Å²) in [5.41, 5.74) is 8.87. The maximum Gasteiger partial charge on any atom is 0.150 e. The van der Waals surface area contributed by atoms with Crippen molar-refractivity contribution in [3.05, 3.63) is 71.3 Å². The Morgan fingerprint density at radius 1 is 0.875 bits per heavy atom. The molecule has 0 spiro atoms. The third-order valence-corrected chi connectivity index (χ3v) is 2.59. The fourth-order valence-corrected chi connectivity index (χ4v) is 1.63. The van der Waals surface area contributed by atoms with Crippen molar-refractivity contribution in [1.82, 2.24) is 0 Å². The Balaban J connectivity index is 2.27. The molecule has 2 aromatic carbocycles. The predicted molar refractivity (Wildman–Crippen MR) is 64.3 cm³/mol. The van der Waals surface area contributed by atoms with Crippen LogP contribution >= 0.6 is 0 Å². The molecule has 0 bridgehead atoms. The summed E-state index contributed by atoms with van der Waals surface area (Å²) in [4.78, 5) is 10.5. The Bertz CT molecular complexity index is 462. The molecule has 2 rings (SSSR count). The Labute approximate surface area is 94.7 Å². The first-order valence-corrected chi connectivity index (χ1v) is 5.17. The van der Waals surface area contributed by atoms with E-state index in [0.29, 0.717) is 5.56 Å². The molecule has 0 aliphatic heterocycles. The minimum absolute atomic E-state index is 0.137. The zero-order valence-electron chi connectivity index (χ0n) is 8.84. The number of carbonyl (C=O) groups excluding carboxylic acids is 1. The monoisotopic (exact) mass is 211 g/mol. The highest BCUT2D eigenvalue weighted by atomic mass is 16.1. The van der Waals surface area contributed by atoms with Gasteiger partial charge >= 0.3 is 0 Å². The lowest BCUT2D eigenvalue weighted by atomic mass is 9.99. The number of hydrogen-bond acceptors (Lipinski definition) is 2. The summed E-state index contributed by atoms with van der Waals surface area (Å²) >= 11 is 0. The number of nitrogens with two attached hydrogens (primary N) is 1. The van der Waals surface area contributed by atoms with Crippen LogP contribution in [-0.2, 0) is 0 Å². The molecule has 0 amide bonds. The highest BCUT2D eigenvalue weighted by Crippen LogP contribution is 2.19. The topological polar surface area (TPSA) is 43.1 Å². The van der Waals surface area contributed by atoms with Gasteiger partial charge in [-0.1, -0.05) is 54.6 Å². The van der Waals surface area contributed by atoms with E-state index in [4.69, 9.17) is 5.73 Å². The number of aldehydes is 1. The normalized spacial score (nSPS) is 12.1. The first-order valence-electron chi connectivity index (χ1n) is 5.17. The fraction of sp³-hybridized carbons (Fsp3) is 0.0714. The van der Waals surface area contributed by atoms with Gasteiger partial charge in [0.2, 0.25) is 0 Å². The molecule has 16 heavy (non-hydrogen) atoms. The number of rotatable bonds is 3. The highest BCUT2D eigenvalue weighted by molar-refractivity contribution is 5.74. The van der Waals surface area contributed by atoms with Gasteiger partial charge in [0.25, 0.3) is 0 Å². The molecule has 0 aliphatic carbocycles. The van der Waals surface area contributed by atoms with Crippen LogP contribution in [0.4, 0.5) is 0 Å². The third-order valence-electron chi connectivity index (χ3n) is 2.59. The smallest absolute Gasteiger partial charge is 0.150 e. The molecule has 0 fully saturated rings. The molecule has 2 heteroatoms. The van der Waals surface area contributed by atoms with Gasteiger partial charge in [0.1, 0.15) is 6.29 Å². The Morgan fingerprint density at radius 3 is 2.00 bits per heavy atom. The van der Waals surface area contributed by atoms with E-state index in [0.717, 1.165) is 17.4 Å². The molecule has 1 atom stereocenters. The van der Waals surface area contributed by atoms with Crippen LogP contribution in [0.3, 0.4) is 0 Å². The summed E-state index contributed by atoms with van der Waals surface area (Å²) in [7, 11) is 0. The Kier molecular flexibility index (Phi) is 3.13. The maximum absolute atomic E-state index is 10.5. The van der Waals surface area contributed by atoms with Gasteiger partial charge in [0.15, 0.2) is 0 Å². The Hall–Kier alpha value is -1.93. The van der Waals surface area contributed by atoms with E-state index in [1.165, 1.54) is 0 Å². The molecule has 0 aromatic heterocycles. The summed E-state index contributed by atoms with van der Waals surface area (Å²) < 4.78 is 0. The largest absolute Gasteiger partial charge is 0.320 e. The molecule has 0 saturated heterocycles. The molecule has 0 saturated carbocycles. The molecule has 0 aliphatic rings. The van der Waals surface area contributed by atoms with Gasteiger partial charge in [-0.05, 0) is 11.1 Å². The van der Waals surface area contributed by atoms with Crippen molar-refractivity contribution in [3.8, 4) is 0 Å². The Morgan fingerprint density at radius 2 is 1.44 bits per heavy atom. The van der Waals surface area contributed by atoms with Gasteiger partial charge in [-0.2, -0.15) is 0 Å². The van der Waals surface area contributed by atoms with Crippen LogP contribution in [0.15, 0.2) is 54.6 Å². The molecule has 2 aromatic rings. The van der Waals surface area contributed by atoms with E-state index in [1.807, 2.05) is 42.5 Å². The van der Waals surface area contributed by atoms with Crippen LogP contribution < -0.4 is 5.73 Å². The number of benzene rings is 2. The van der Waals surface area contributed by atoms with Crippen LogP contribution in [0.25, 0.3) is 0 Å². The fourth-order valence-electron chi connectivity index (χ4n) is 1.63. The zero-order chi connectivity index (χ0) is 11.4. The van der Waals surface area contributed by atoms with Crippen LogP contribution in [0.1, 0.15) is 27.5 Å². The molecule has 1 unspecified atom stereocenters. The van der Waals surface area contributed by atoms with Crippen molar-refractivity contribution in [2.45, 2.75) is 6.04 Å². The highest BCUT2D eigenvalue weighted by Gasteiger charge is 2.07. The van der Waals surface area contributed by atoms with Gasteiger partial charge in [0.05, 0.1) is 6.04 Å². The third kappa shape index (κ3) is 2.18. The second-order valence-corrected chi connectivity index (χ2v) is 3.67. The van der Waals surface area contributed by atoms with Crippen LogP contribution in [0.2, 0.25) is 0 Å². The standard InChI is InChI=1S/C14H13NO/c15-14(12-4-2-1-3-5-12)13-8-6-11(10-16)7-9-13/h1-10,14H,15H2. The second-order valence-electron chi connectivity index (χ2n) is 3.67. The van der Waals surface area contributed by atoms with Crippen molar-refractivity contribution in [2.24, 2.45) is 5.73 Å². The molecule has 0 heterocycles. The van der Waals surface area contributed by atoms with E-state index in [9.17, 15) is 4.79 Å². The minimum atomic E-state index is -0.137. The van der Waals surface area contributed by atoms with Gasteiger partial charge in [-0.3, -0.25) is 4.79 Å². The van der Waals surface area contributed by atoms with E-state index in [-0.39, 0.29) is 6.04 Å². The summed E-state index contributed by atoms with van der Waals surface area (Å²) in [6, 6.07) is 17.1. The van der Waals surface area contributed by atoms with Crippen molar-refractivity contribution < 1.29 is 4.79 Å². The minimum Gasteiger partial charge on any atom is -0.320 e. The zero-order valence-corrected chi connectivity index (χ0v) is 8.84. The van der Waals surface area contributed by atoms with Gasteiger partial charge in [-0.15, -0.1) is 0 Å². The number of carbonyl (C=O) groups is 1. The van der Waals surface area contributed by atoms with E-state index >= 15 is 0 Å². The van der Waals surface area contributed by atoms with Crippen molar-refractivity contribution in [3.63, 3.8) is 0 Å². The predicted octanol–water partition coefficient (Wildman–Crippen LogP) is 2.55. The second kappa shape index (κ2) is 4.73. The van der Waals surface area contributed by atoms with E-state index in [1.54, 1.807) is 12.1 Å². The quantitative estimate of drug-likeness (QED) is 0.793. The number of hydrogen-bond donors (Lipinski definition) is 1. The molecule has 2 nitrogen and oxygen atoms in total. The molecule has 0 radical (unpaired) electrons. The van der Waals surface area contributed by atoms with Gasteiger partial charge in [-0.25, -0.2) is 0 Å². The summed E-state index contributed by atoms with van der Waals surface area (Å²) in [6.07, 6.45) is 0.831. The average molecular weight is 211 g/mol. The van der Waals surface area contributed by atoms with Gasteiger partial charge in [0, 0.05) is 5.56 Å². The van der Waals surface area contributed by atoms with Crippen molar-refractivity contribution in [1.29, 1.82) is 0 Å². The lowest BCUT2D eigenvalue weighted by Crippen LogP contribution is -2.11. The van der Waals surface area contributed by atoms with E-state index < -0.39 is 0 Å². The lowest BCUT2D eigenvalue weighted by molar-refractivity contribution is 0.112. The SMILES string of the molecule is NC(c1ccccc1)c1ccc(C=O)cc1. The summed E-state index contributed by atoms with van der Waals surface area (Å²) in [6.45, 7) is 0. The van der Waals surface area contributed by atoms with Crippen LogP contribution in [-0.4, -0.2) is 6.29 Å².